The van der Waals surface area contributed by atoms with Crippen molar-refractivity contribution in [1.82, 2.24) is 4.90 Å². The Morgan fingerprint density at radius 1 is 1.22 bits per heavy atom. The van der Waals surface area contributed by atoms with Crippen LogP contribution in [-0.2, 0) is 33.0 Å². The predicted molar refractivity (Wildman–Crippen MR) is 134 cm³/mol. The monoisotopic (exact) mass is 493 g/mol. The number of nitrogens with one attached hydrogen (secondary N) is 2. The zero-order valence-electron chi connectivity index (χ0n) is 20.3. The Bertz CT molecular complexity index is 1210. The number of anilines is 2. The first-order chi connectivity index (χ1) is 17.1. The van der Waals surface area contributed by atoms with Gasteiger partial charge >= 0.3 is 0 Å². The third-order valence-corrected chi connectivity index (χ3v) is 6.93. The number of rotatable bonds is 7. The Morgan fingerprint density at radius 2 is 1.94 bits per heavy atom. The largest absolute Gasteiger partial charge is 0.394 e. The third kappa shape index (κ3) is 4.77. The highest BCUT2D eigenvalue weighted by Gasteiger charge is 2.48. The van der Waals surface area contributed by atoms with Crippen LogP contribution in [0, 0.1) is 5.92 Å². The quantitative estimate of drug-likeness (QED) is 0.372. The lowest BCUT2D eigenvalue weighted by atomic mass is 9.82. The number of nitrogens with zero attached hydrogens (tertiary/aromatic N) is 1. The number of aliphatic hydroxyl groups excluding tert-OH is 2. The second-order valence-electron chi connectivity index (χ2n) is 9.40. The molecule has 5 N–H and O–H groups in total. The molecule has 0 bridgehead atoms. The SMILES string of the molecule is C[C@H](O)C(=O)Nc1ccc2c(c1)[C@](O)([C@@H](C)/C=C/CC(=O)N1Cc3ccccc3C[C@H]1CO)C(=O)N2. The molecular weight excluding hydrogens is 462 g/mol. The number of hydrogen-bond donors (Lipinski definition) is 5. The first kappa shape index (κ1) is 25.6. The lowest BCUT2D eigenvalue weighted by molar-refractivity contribution is -0.137. The van der Waals surface area contributed by atoms with Gasteiger partial charge in [0.1, 0.15) is 6.10 Å². The highest BCUT2D eigenvalue weighted by atomic mass is 16.3. The molecular formula is C27H31N3O6. The van der Waals surface area contributed by atoms with E-state index in [9.17, 15) is 29.7 Å². The smallest absolute Gasteiger partial charge is 0.261 e. The van der Waals surface area contributed by atoms with E-state index >= 15 is 0 Å². The lowest BCUT2D eigenvalue weighted by Gasteiger charge is -2.36. The van der Waals surface area contributed by atoms with Crippen LogP contribution in [0.25, 0.3) is 0 Å². The molecule has 4 atom stereocenters. The van der Waals surface area contributed by atoms with Gasteiger partial charge in [-0.3, -0.25) is 14.4 Å². The summed E-state index contributed by atoms with van der Waals surface area (Å²) in [6.45, 7) is 3.29. The molecule has 9 heteroatoms. The van der Waals surface area contributed by atoms with Crippen LogP contribution in [0.15, 0.2) is 54.6 Å². The fraction of sp³-hybridized carbons (Fsp3) is 0.370. The van der Waals surface area contributed by atoms with Gasteiger partial charge in [-0.15, -0.1) is 0 Å². The van der Waals surface area contributed by atoms with Gasteiger partial charge in [-0.2, -0.15) is 0 Å². The molecule has 2 aromatic carbocycles. The van der Waals surface area contributed by atoms with Crippen molar-refractivity contribution in [3.8, 4) is 0 Å². The maximum Gasteiger partial charge on any atom is 0.261 e. The second-order valence-corrected chi connectivity index (χ2v) is 9.40. The van der Waals surface area contributed by atoms with Crippen molar-refractivity contribution < 1.29 is 29.7 Å². The van der Waals surface area contributed by atoms with Crippen molar-refractivity contribution in [2.45, 2.75) is 51.0 Å². The first-order valence-corrected chi connectivity index (χ1v) is 12.0. The summed E-state index contributed by atoms with van der Waals surface area (Å²) in [6.07, 6.45) is 2.68. The molecule has 4 rings (SSSR count). The number of fused-ring (bicyclic) bond motifs is 2. The molecule has 2 aromatic rings. The summed E-state index contributed by atoms with van der Waals surface area (Å²) in [4.78, 5) is 39.3. The minimum atomic E-state index is -1.90. The van der Waals surface area contributed by atoms with Crippen LogP contribution in [0.5, 0.6) is 0 Å². The van der Waals surface area contributed by atoms with Gasteiger partial charge in [0.2, 0.25) is 5.91 Å². The fourth-order valence-corrected chi connectivity index (χ4v) is 4.76. The van der Waals surface area contributed by atoms with E-state index < -0.39 is 29.4 Å². The van der Waals surface area contributed by atoms with Crippen molar-refractivity contribution in [1.29, 1.82) is 0 Å². The Morgan fingerprint density at radius 3 is 2.64 bits per heavy atom. The molecule has 190 valence electrons. The molecule has 0 fully saturated rings. The fourth-order valence-electron chi connectivity index (χ4n) is 4.76. The van der Waals surface area contributed by atoms with E-state index in [0.29, 0.717) is 29.9 Å². The number of amides is 3. The van der Waals surface area contributed by atoms with Crippen LogP contribution in [0.4, 0.5) is 11.4 Å². The van der Waals surface area contributed by atoms with E-state index in [2.05, 4.69) is 10.6 Å². The van der Waals surface area contributed by atoms with Gasteiger partial charge in [0.25, 0.3) is 11.8 Å². The Balaban J connectivity index is 1.47. The Hall–Kier alpha value is -3.53. The van der Waals surface area contributed by atoms with Crippen molar-refractivity contribution in [2.75, 3.05) is 17.2 Å². The van der Waals surface area contributed by atoms with Crippen LogP contribution in [0.2, 0.25) is 0 Å². The lowest BCUT2D eigenvalue weighted by Crippen LogP contribution is -2.46. The summed E-state index contributed by atoms with van der Waals surface area (Å²) in [5.74, 6) is -2.06. The minimum absolute atomic E-state index is 0.0536. The average Bonchev–Trinajstić information content (AvgIpc) is 3.13. The summed E-state index contributed by atoms with van der Waals surface area (Å²) in [7, 11) is 0. The maximum absolute atomic E-state index is 13.0. The number of hydrogen-bond acceptors (Lipinski definition) is 6. The number of carbonyl (C=O) groups excluding carboxylic acids is 3. The Labute approximate surface area is 209 Å². The molecule has 0 saturated heterocycles. The zero-order valence-corrected chi connectivity index (χ0v) is 20.3. The van der Waals surface area contributed by atoms with Crippen LogP contribution in [-0.4, -0.2) is 56.7 Å². The second kappa shape index (κ2) is 10.2. The highest BCUT2D eigenvalue weighted by molar-refractivity contribution is 6.06. The molecule has 0 radical (unpaired) electrons. The Kier molecular flexibility index (Phi) is 7.26. The average molecular weight is 494 g/mol. The van der Waals surface area contributed by atoms with Crippen molar-refractivity contribution in [2.24, 2.45) is 5.92 Å². The van der Waals surface area contributed by atoms with Gasteiger partial charge in [0.05, 0.1) is 12.6 Å². The van der Waals surface area contributed by atoms with Gasteiger partial charge in [-0.25, -0.2) is 0 Å². The molecule has 0 spiro atoms. The molecule has 0 aliphatic carbocycles. The van der Waals surface area contributed by atoms with Gasteiger partial charge < -0.3 is 30.9 Å². The number of carbonyl (C=O) groups is 3. The summed E-state index contributed by atoms with van der Waals surface area (Å²) >= 11 is 0. The van der Waals surface area contributed by atoms with E-state index in [1.165, 1.54) is 13.0 Å². The van der Waals surface area contributed by atoms with E-state index in [0.717, 1.165) is 11.1 Å². The van der Waals surface area contributed by atoms with Crippen molar-refractivity contribution in [3.05, 3.63) is 71.3 Å². The van der Waals surface area contributed by atoms with Crippen LogP contribution in [0.1, 0.15) is 37.0 Å². The van der Waals surface area contributed by atoms with E-state index in [1.807, 2.05) is 24.3 Å². The molecule has 2 aliphatic heterocycles. The maximum atomic E-state index is 13.0. The number of aliphatic hydroxyl groups is 3. The van der Waals surface area contributed by atoms with Crippen molar-refractivity contribution >= 4 is 29.1 Å². The third-order valence-electron chi connectivity index (χ3n) is 6.93. The van der Waals surface area contributed by atoms with Crippen molar-refractivity contribution in [3.63, 3.8) is 0 Å². The topological polar surface area (TPSA) is 139 Å². The van der Waals surface area contributed by atoms with Gasteiger partial charge in [-0.05, 0) is 42.7 Å². The molecule has 3 amide bonds. The van der Waals surface area contributed by atoms with E-state index in [-0.39, 0.29) is 25.0 Å². The van der Waals surface area contributed by atoms with Gasteiger partial charge in [-0.1, -0.05) is 43.3 Å². The molecule has 0 aromatic heterocycles. The van der Waals surface area contributed by atoms with Crippen LogP contribution < -0.4 is 10.6 Å². The molecule has 0 unspecified atom stereocenters. The molecule has 36 heavy (non-hydrogen) atoms. The molecule has 9 nitrogen and oxygen atoms in total. The molecule has 2 aliphatic rings. The van der Waals surface area contributed by atoms with Gasteiger partial charge in [0, 0.05) is 35.8 Å². The molecule has 2 heterocycles. The summed E-state index contributed by atoms with van der Waals surface area (Å²) in [5, 5.41) is 35.9. The first-order valence-electron chi connectivity index (χ1n) is 12.0. The number of benzene rings is 2. The van der Waals surface area contributed by atoms with Crippen LogP contribution >= 0.6 is 0 Å². The predicted octanol–water partition coefficient (Wildman–Crippen LogP) is 1.67. The minimum Gasteiger partial charge on any atom is -0.394 e. The highest BCUT2D eigenvalue weighted by Crippen LogP contribution is 2.43. The standard InChI is InChI=1S/C27H31N3O6/c1-16(6-5-9-24(33)30-14-19-8-4-3-7-18(19)12-21(30)15-31)27(36)22-13-20(28-25(34)17(2)32)10-11-23(22)29-26(27)35/h3-8,10-11,13,16-17,21,31-32,36H,9,12,14-15H2,1-2H3,(H,28,34)(H,29,35)/b6-5+/t16-,17-,21-,27+/m0/s1. The van der Waals surface area contributed by atoms with E-state index in [1.54, 1.807) is 36.1 Å². The van der Waals surface area contributed by atoms with E-state index in [4.69, 9.17) is 0 Å². The normalized spacial score (nSPS) is 22.5. The summed E-state index contributed by atoms with van der Waals surface area (Å²) in [5.41, 5.74) is 1.33. The van der Waals surface area contributed by atoms with Gasteiger partial charge in [0.15, 0.2) is 5.60 Å². The zero-order chi connectivity index (χ0) is 26.0. The summed E-state index contributed by atoms with van der Waals surface area (Å²) in [6, 6.07) is 12.2. The molecule has 0 saturated carbocycles. The van der Waals surface area contributed by atoms with Crippen LogP contribution in [0.3, 0.4) is 0 Å². The summed E-state index contributed by atoms with van der Waals surface area (Å²) < 4.78 is 0.